The van der Waals surface area contributed by atoms with Gasteiger partial charge < -0.3 is 15.5 Å². The zero-order valence-electron chi connectivity index (χ0n) is 14.8. The third-order valence-corrected chi connectivity index (χ3v) is 5.23. The summed E-state index contributed by atoms with van der Waals surface area (Å²) in [6, 6.07) is 4.54. The van der Waals surface area contributed by atoms with Crippen molar-refractivity contribution in [2.24, 2.45) is 5.92 Å². The Balaban J connectivity index is 1.32. The Kier molecular flexibility index (Phi) is 6.07. The van der Waals surface area contributed by atoms with Gasteiger partial charge in [-0.15, -0.1) is 0 Å². The Morgan fingerprint density at radius 3 is 2.96 bits per heavy atom. The summed E-state index contributed by atoms with van der Waals surface area (Å²) in [4.78, 5) is 18.8. The predicted molar refractivity (Wildman–Crippen MR) is 97.0 cm³/mol. The second-order valence-electron chi connectivity index (χ2n) is 7.35. The molecule has 1 saturated heterocycles. The first-order chi connectivity index (χ1) is 11.7. The normalized spacial score (nSPS) is 22.0. The number of aryl methyl sites for hydroxylation is 1. The van der Waals surface area contributed by atoms with Gasteiger partial charge in [-0.05, 0) is 56.3 Å². The zero-order valence-corrected chi connectivity index (χ0v) is 14.8. The number of nitrogens with one attached hydrogen (secondary N) is 2. The van der Waals surface area contributed by atoms with E-state index in [4.69, 9.17) is 0 Å². The lowest BCUT2D eigenvalue weighted by molar-refractivity contribution is -0.122. The Labute approximate surface area is 145 Å². The van der Waals surface area contributed by atoms with Crippen LogP contribution in [0.4, 0.5) is 5.82 Å². The molecule has 2 N–H and O–H groups in total. The van der Waals surface area contributed by atoms with Gasteiger partial charge in [0.25, 0.3) is 0 Å². The number of anilines is 1. The van der Waals surface area contributed by atoms with E-state index in [0.717, 1.165) is 44.8 Å². The van der Waals surface area contributed by atoms with Gasteiger partial charge in [0.2, 0.25) is 5.91 Å². The molecule has 2 aliphatic rings. The van der Waals surface area contributed by atoms with E-state index in [0.29, 0.717) is 18.4 Å². The molecule has 1 aliphatic heterocycles. The molecule has 1 amide bonds. The lowest BCUT2D eigenvalue weighted by Gasteiger charge is -2.17. The van der Waals surface area contributed by atoms with Gasteiger partial charge in [-0.3, -0.25) is 4.79 Å². The van der Waals surface area contributed by atoms with Crippen LogP contribution in [0.25, 0.3) is 0 Å². The molecule has 1 aliphatic carbocycles. The van der Waals surface area contributed by atoms with Gasteiger partial charge in [-0.1, -0.05) is 12.8 Å². The SMILES string of the molecule is Cc1ccnc(NC[C@H]2CCN(CCC(=O)NC3CCCC3)C2)c1. The zero-order chi connectivity index (χ0) is 16.8. The molecule has 2 fully saturated rings. The van der Waals surface area contributed by atoms with Crippen LogP contribution >= 0.6 is 0 Å². The number of carbonyl (C=O) groups is 1. The minimum Gasteiger partial charge on any atom is -0.370 e. The molecule has 3 rings (SSSR count). The third-order valence-electron chi connectivity index (χ3n) is 5.23. The molecule has 1 aromatic heterocycles. The molecular weight excluding hydrogens is 300 g/mol. The van der Waals surface area contributed by atoms with E-state index in [1.807, 2.05) is 12.3 Å². The number of rotatable bonds is 7. The standard InChI is InChI=1S/C19H30N4O/c1-15-6-9-20-18(12-15)21-13-16-7-10-23(14-16)11-8-19(24)22-17-4-2-3-5-17/h6,9,12,16-17H,2-5,7-8,10-11,13-14H2,1H3,(H,20,21)(H,22,24)/t16-/m1/s1. The smallest absolute Gasteiger partial charge is 0.221 e. The largest absolute Gasteiger partial charge is 0.370 e. The molecule has 0 radical (unpaired) electrons. The van der Waals surface area contributed by atoms with Crippen molar-refractivity contribution in [3.63, 3.8) is 0 Å². The van der Waals surface area contributed by atoms with Gasteiger partial charge in [-0.25, -0.2) is 4.98 Å². The maximum Gasteiger partial charge on any atom is 0.221 e. The monoisotopic (exact) mass is 330 g/mol. The topological polar surface area (TPSA) is 57.3 Å². The molecule has 1 aromatic rings. The molecule has 1 atom stereocenters. The third kappa shape index (κ3) is 5.20. The second kappa shape index (κ2) is 8.47. The van der Waals surface area contributed by atoms with E-state index in [9.17, 15) is 4.79 Å². The van der Waals surface area contributed by atoms with Crippen LogP contribution in [0.3, 0.4) is 0 Å². The molecular formula is C19H30N4O. The number of aromatic nitrogens is 1. The molecule has 5 nitrogen and oxygen atoms in total. The maximum atomic E-state index is 12.0. The fourth-order valence-electron chi connectivity index (χ4n) is 3.79. The van der Waals surface area contributed by atoms with Crippen molar-refractivity contribution < 1.29 is 4.79 Å². The van der Waals surface area contributed by atoms with Crippen LogP contribution in [-0.4, -0.2) is 48.0 Å². The fraction of sp³-hybridized carbons (Fsp3) is 0.684. The minimum absolute atomic E-state index is 0.229. The number of pyridine rings is 1. The molecule has 0 aromatic carbocycles. The van der Waals surface area contributed by atoms with Crippen molar-refractivity contribution in [1.29, 1.82) is 0 Å². The Bertz CT molecular complexity index is 542. The number of amides is 1. The van der Waals surface area contributed by atoms with E-state index >= 15 is 0 Å². The van der Waals surface area contributed by atoms with Gasteiger partial charge in [-0.2, -0.15) is 0 Å². The fourth-order valence-corrected chi connectivity index (χ4v) is 3.79. The molecule has 0 spiro atoms. The molecule has 24 heavy (non-hydrogen) atoms. The first-order valence-corrected chi connectivity index (χ1v) is 9.37. The summed E-state index contributed by atoms with van der Waals surface area (Å²) in [5.41, 5.74) is 1.23. The van der Waals surface area contributed by atoms with E-state index in [1.54, 1.807) is 0 Å². The summed E-state index contributed by atoms with van der Waals surface area (Å²) in [6.45, 7) is 6.11. The number of hydrogen-bond acceptors (Lipinski definition) is 4. The maximum absolute atomic E-state index is 12.0. The Hall–Kier alpha value is -1.62. The first-order valence-electron chi connectivity index (χ1n) is 9.37. The summed E-state index contributed by atoms with van der Waals surface area (Å²) in [5, 5.41) is 6.62. The number of carbonyl (C=O) groups excluding carboxylic acids is 1. The van der Waals surface area contributed by atoms with Crippen LogP contribution in [0.1, 0.15) is 44.1 Å². The molecule has 132 valence electrons. The number of nitrogens with zero attached hydrogens (tertiary/aromatic N) is 2. The van der Waals surface area contributed by atoms with Crippen LogP contribution in [0.15, 0.2) is 18.3 Å². The van der Waals surface area contributed by atoms with E-state index in [2.05, 4.69) is 33.5 Å². The van der Waals surface area contributed by atoms with Crippen molar-refractivity contribution in [2.75, 3.05) is 31.5 Å². The van der Waals surface area contributed by atoms with Gasteiger partial charge >= 0.3 is 0 Å². The molecule has 2 heterocycles. The summed E-state index contributed by atoms with van der Waals surface area (Å²) in [6.07, 6.45) is 8.54. The predicted octanol–water partition coefficient (Wildman–Crippen LogP) is 2.57. The van der Waals surface area contributed by atoms with Crippen LogP contribution in [-0.2, 0) is 4.79 Å². The quantitative estimate of drug-likeness (QED) is 0.807. The molecule has 0 bridgehead atoms. The van der Waals surface area contributed by atoms with Crippen LogP contribution in [0, 0.1) is 12.8 Å². The van der Waals surface area contributed by atoms with Crippen LogP contribution < -0.4 is 10.6 Å². The Morgan fingerprint density at radius 2 is 2.17 bits per heavy atom. The minimum atomic E-state index is 0.229. The highest BCUT2D eigenvalue weighted by Gasteiger charge is 2.23. The van der Waals surface area contributed by atoms with Crippen LogP contribution in [0.2, 0.25) is 0 Å². The highest BCUT2D eigenvalue weighted by Crippen LogP contribution is 2.19. The van der Waals surface area contributed by atoms with Crippen molar-refractivity contribution >= 4 is 11.7 Å². The van der Waals surface area contributed by atoms with E-state index < -0.39 is 0 Å². The number of likely N-dealkylation sites (tertiary alicyclic amines) is 1. The lowest BCUT2D eigenvalue weighted by Crippen LogP contribution is -2.35. The van der Waals surface area contributed by atoms with E-state index in [1.165, 1.54) is 24.8 Å². The van der Waals surface area contributed by atoms with Crippen molar-refractivity contribution in [3.05, 3.63) is 23.9 Å². The molecule has 1 saturated carbocycles. The van der Waals surface area contributed by atoms with Gasteiger partial charge in [0.1, 0.15) is 5.82 Å². The second-order valence-corrected chi connectivity index (χ2v) is 7.35. The summed E-state index contributed by atoms with van der Waals surface area (Å²) in [7, 11) is 0. The van der Waals surface area contributed by atoms with Crippen molar-refractivity contribution in [1.82, 2.24) is 15.2 Å². The summed E-state index contributed by atoms with van der Waals surface area (Å²) < 4.78 is 0. The van der Waals surface area contributed by atoms with Gasteiger partial charge in [0.05, 0.1) is 0 Å². The van der Waals surface area contributed by atoms with Gasteiger partial charge in [0.15, 0.2) is 0 Å². The highest BCUT2D eigenvalue weighted by molar-refractivity contribution is 5.76. The first kappa shape index (κ1) is 17.2. The van der Waals surface area contributed by atoms with Crippen molar-refractivity contribution in [2.45, 2.75) is 51.5 Å². The van der Waals surface area contributed by atoms with Gasteiger partial charge in [0, 0.05) is 38.3 Å². The van der Waals surface area contributed by atoms with Crippen molar-refractivity contribution in [3.8, 4) is 0 Å². The summed E-state index contributed by atoms with van der Waals surface area (Å²) >= 11 is 0. The Morgan fingerprint density at radius 1 is 1.33 bits per heavy atom. The number of hydrogen-bond donors (Lipinski definition) is 2. The lowest BCUT2D eigenvalue weighted by atomic mass is 10.1. The molecule has 0 unspecified atom stereocenters. The van der Waals surface area contributed by atoms with Crippen LogP contribution in [0.5, 0.6) is 0 Å². The summed E-state index contributed by atoms with van der Waals surface area (Å²) in [5.74, 6) is 1.84. The molecule has 5 heteroatoms. The highest BCUT2D eigenvalue weighted by atomic mass is 16.1. The van der Waals surface area contributed by atoms with E-state index in [-0.39, 0.29) is 5.91 Å². The average Bonchev–Trinajstić information content (AvgIpc) is 3.23. The average molecular weight is 330 g/mol.